The summed E-state index contributed by atoms with van der Waals surface area (Å²) in [4.78, 5) is 19.1. The van der Waals surface area contributed by atoms with E-state index in [0.717, 1.165) is 50.6 Å². The second-order valence-corrected chi connectivity index (χ2v) is 6.43. The van der Waals surface area contributed by atoms with Crippen LogP contribution in [0.5, 0.6) is 0 Å². The van der Waals surface area contributed by atoms with Gasteiger partial charge in [-0.25, -0.2) is 0 Å². The summed E-state index contributed by atoms with van der Waals surface area (Å²) in [6.07, 6.45) is 1.01. The molecule has 0 saturated carbocycles. The van der Waals surface area contributed by atoms with Crippen LogP contribution in [0.4, 0.5) is 0 Å². The van der Waals surface area contributed by atoms with E-state index in [0.29, 0.717) is 6.04 Å². The maximum Gasteiger partial charge on any atom is 0.264 e. The molecule has 2 aliphatic heterocycles. The molecule has 1 aromatic rings. The molecule has 2 fully saturated rings. The second-order valence-electron chi connectivity index (χ2n) is 5.26. The van der Waals surface area contributed by atoms with Crippen LogP contribution in [-0.2, 0) is 6.42 Å². The molecule has 3 heterocycles. The lowest BCUT2D eigenvalue weighted by molar-refractivity contribution is 0.0506. The first-order chi connectivity index (χ1) is 9.28. The molecule has 5 heteroatoms. The predicted octanol–water partition coefficient (Wildman–Crippen LogP) is 1.04. The Labute approximate surface area is 118 Å². The van der Waals surface area contributed by atoms with E-state index < -0.39 is 0 Å². The van der Waals surface area contributed by atoms with Crippen LogP contribution in [0.1, 0.15) is 21.5 Å². The Morgan fingerprint density at radius 3 is 2.58 bits per heavy atom. The topological polar surface area (TPSA) is 35.6 Å². The van der Waals surface area contributed by atoms with E-state index in [1.54, 1.807) is 11.3 Å². The summed E-state index contributed by atoms with van der Waals surface area (Å²) in [6.45, 7) is 8.13. The van der Waals surface area contributed by atoms with E-state index in [-0.39, 0.29) is 5.91 Å². The molecule has 0 radical (unpaired) electrons. The summed E-state index contributed by atoms with van der Waals surface area (Å²) >= 11 is 1.64. The highest BCUT2D eigenvalue weighted by molar-refractivity contribution is 7.14. The first-order valence-corrected chi connectivity index (χ1v) is 7.92. The van der Waals surface area contributed by atoms with Crippen molar-refractivity contribution in [1.82, 2.24) is 15.1 Å². The quantitative estimate of drug-likeness (QED) is 0.898. The first kappa shape index (κ1) is 13.1. The number of thiophene rings is 1. The van der Waals surface area contributed by atoms with Crippen LogP contribution in [0, 0.1) is 0 Å². The molecule has 19 heavy (non-hydrogen) atoms. The summed E-state index contributed by atoms with van der Waals surface area (Å²) in [5, 5.41) is 3.31. The molecule has 2 aliphatic rings. The number of carbonyl (C=O) groups excluding carboxylic acids is 1. The van der Waals surface area contributed by atoms with Crippen LogP contribution in [0.3, 0.4) is 0 Å². The van der Waals surface area contributed by atoms with Crippen LogP contribution in [0.15, 0.2) is 12.1 Å². The molecule has 0 atom stereocenters. The minimum atomic E-state index is 0.219. The van der Waals surface area contributed by atoms with Crippen LogP contribution in [-0.4, -0.2) is 61.0 Å². The van der Waals surface area contributed by atoms with Gasteiger partial charge in [-0.3, -0.25) is 9.69 Å². The van der Waals surface area contributed by atoms with Gasteiger partial charge in [0, 0.05) is 50.2 Å². The average molecular weight is 279 g/mol. The van der Waals surface area contributed by atoms with Gasteiger partial charge in [-0.15, -0.1) is 11.3 Å². The molecule has 1 aromatic heterocycles. The van der Waals surface area contributed by atoms with Gasteiger partial charge >= 0.3 is 0 Å². The van der Waals surface area contributed by atoms with Crippen molar-refractivity contribution in [2.24, 2.45) is 0 Å². The van der Waals surface area contributed by atoms with Gasteiger partial charge in [0.1, 0.15) is 0 Å². The zero-order valence-electron chi connectivity index (χ0n) is 11.4. The van der Waals surface area contributed by atoms with Crippen molar-refractivity contribution in [3.63, 3.8) is 0 Å². The number of hydrogen-bond donors (Lipinski definition) is 1. The Hall–Kier alpha value is -0.910. The monoisotopic (exact) mass is 279 g/mol. The SMILES string of the molecule is CCc1ccc(C(=O)N2CCN(C3CNC3)CC2)s1. The third kappa shape index (κ3) is 2.68. The number of nitrogens with zero attached hydrogens (tertiary/aromatic N) is 2. The fourth-order valence-corrected chi connectivity index (χ4v) is 3.58. The molecule has 1 amide bonds. The van der Waals surface area contributed by atoms with E-state index >= 15 is 0 Å². The van der Waals surface area contributed by atoms with Crippen molar-refractivity contribution in [2.75, 3.05) is 39.3 Å². The molecule has 2 saturated heterocycles. The molecular formula is C14H21N3OS. The summed E-state index contributed by atoms with van der Waals surface area (Å²) in [5.74, 6) is 0.219. The van der Waals surface area contributed by atoms with Crippen LogP contribution in [0.25, 0.3) is 0 Å². The van der Waals surface area contributed by atoms with Crippen molar-refractivity contribution in [2.45, 2.75) is 19.4 Å². The molecule has 3 rings (SSSR count). The Bertz CT molecular complexity index is 447. The lowest BCUT2D eigenvalue weighted by atomic mass is 10.1. The fraction of sp³-hybridized carbons (Fsp3) is 0.643. The fourth-order valence-electron chi connectivity index (χ4n) is 2.66. The molecule has 0 bridgehead atoms. The van der Waals surface area contributed by atoms with E-state index in [4.69, 9.17) is 0 Å². The Morgan fingerprint density at radius 1 is 1.32 bits per heavy atom. The summed E-state index contributed by atoms with van der Waals surface area (Å²) < 4.78 is 0. The predicted molar refractivity (Wildman–Crippen MR) is 77.8 cm³/mol. The zero-order valence-corrected chi connectivity index (χ0v) is 12.2. The van der Waals surface area contributed by atoms with E-state index in [1.165, 1.54) is 4.88 Å². The number of rotatable bonds is 3. The van der Waals surface area contributed by atoms with Crippen molar-refractivity contribution in [3.8, 4) is 0 Å². The summed E-state index contributed by atoms with van der Waals surface area (Å²) in [5.41, 5.74) is 0. The minimum absolute atomic E-state index is 0.219. The average Bonchev–Trinajstić information content (AvgIpc) is 2.85. The highest BCUT2D eigenvalue weighted by Gasteiger charge is 2.29. The second kappa shape index (κ2) is 5.61. The number of amides is 1. The number of hydrogen-bond acceptors (Lipinski definition) is 4. The Morgan fingerprint density at radius 2 is 2.05 bits per heavy atom. The van der Waals surface area contributed by atoms with Crippen LogP contribution in [0.2, 0.25) is 0 Å². The van der Waals surface area contributed by atoms with Crippen molar-refractivity contribution in [1.29, 1.82) is 0 Å². The van der Waals surface area contributed by atoms with E-state index in [2.05, 4.69) is 23.2 Å². The van der Waals surface area contributed by atoms with Gasteiger partial charge < -0.3 is 10.2 Å². The lowest BCUT2D eigenvalue weighted by Crippen LogP contribution is -2.62. The molecule has 104 valence electrons. The molecule has 0 aromatic carbocycles. The number of aryl methyl sites for hydroxylation is 1. The Balaban J connectivity index is 1.56. The normalized spacial score (nSPS) is 21.4. The molecular weight excluding hydrogens is 258 g/mol. The standard InChI is InChI=1S/C14H21N3OS/c1-2-12-3-4-13(19-12)14(18)17-7-5-16(6-8-17)11-9-15-10-11/h3-4,11,15H,2,5-10H2,1H3. The summed E-state index contributed by atoms with van der Waals surface area (Å²) in [7, 11) is 0. The van der Waals surface area contributed by atoms with Gasteiger partial charge in [0.25, 0.3) is 5.91 Å². The van der Waals surface area contributed by atoms with Crippen molar-refractivity contribution in [3.05, 3.63) is 21.9 Å². The molecule has 0 spiro atoms. The minimum Gasteiger partial charge on any atom is -0.335 e. The maximum absolute atomic E-state index is 12.4. The van der Waals surface area contributed by atoms with E-state index in [1.807, 2.05) is 11.0 Å². The summed E-state index contributed by atoms with van der Waals surface area (Å²) in [6, 6.07) is 4.76. The first-order valence-electron chi connectivity index (χ1n) is 7.10. The van der Waals surface area contributed by atoms with Crippen LogP contribution >= 0.6 is 11.3 Å². The third-order valence-corrected chi connectivity index (χ3v) is 5.32. The van der Waals surface area contributed by atoms with Gasteiger partial charge in [0.05, 0.1) is 4.88 Å². The molecule has 0 aliphatic carbocycles. The van der Waals surface area contributed by atoms with Gasteiger partial charge in [-0.1, -0.05) is 6.92 Å². The lowest BCUT2D eigenvalue weighted by Gasteiger charge is -2.43. The third-order valence-electron chi connectivity index (χ3n) is 4.10. The highest BCUT2D eigenvalue weighted by Crippen LogP contribution is 2.20. The molecule has 4 nitrogen and oxygen atoms in total. The maximum atomic E-state index is 12.4. The van der Waals surface area contributed by atoms with E-state index in [9.17, 15) is 4.79 Å². The molecule has 1 N–H and O–H groups in total. The molecule has 0 unspecified atom stereocenters. The van der Waals surface area contributed by atoms with Crippen molar-refractivity contribution < 1.29 is 4.79 Å². The largest absolute Gasteiger partial charge is 0.335 e. The van der Waals surface area contributed by atoms with Gasteiger partial charge in [0.2, 0.25) is 0 Å². The number of carbonyl (C=O) groups is 1. The number of nitrogens with one attached hydrogen (secondary N) is 1. The van der Waals surface area contributed by atoms with Gasteiger partial charge in [0.15, 0.2) is 0 Å². The Kier molecular flexibility index (Phi) is 3.86. The smallest absolute Gasteiger partial charge is 0.264 e. The van der Waals surface area contributed by atoms with Crippen LogP contribution < -0.4 is 5.32 Å². The van der Waals surface area contributed by atoms with Crippen molar-refractivity contribution >= 4 is 17.2 Å². The highest BCUT2D eigenvalue weighted by atomic mass is 32.1. The number of piperazine rings is 1. The zero-order chi connectivity index (χ0) is 13.2. The van der Waals surface area contributed by atoms with Gasteiger partial charge in [-0.05, 0) is 18.6 Å². The van der Waals surface area contributed by atoms with Gasteiger partial charge in [-0.2, -0.15) is 0 Å².